The average Bonchev–Trinajstić information content (AvgIpc) is 3.01. The fourth-order valence-corrected chi connectivity index (χ4v) is 4.18. The number of benzene rings is 1. The molecule has 2 aliphatic heterocycles. The van der Waals surface area contributed by atoms with Gasteiger partial charge in [0.15, 0.2) is 0 Å². The highest BCUT2D eigenvalue weighted by Gasteiger charge is 2.36. The number of hydrogen-bond acceptors (Lipinski definition) is 3. The number of fused-ring (bicyclic) bond motifs is 2. The van der Waals surface area contributed by atoms with Crippen molar-refractivity contribution in [2.75, 3.05) is 16.8 Å². The molecule has 3 N–H and O–H groups in total. The lowest BCUT2D eigenvalue weighted by atomic mass is 9.85. The summed E-state index contributed by atoms with van der Waals surface area (Å²) in [5.74, 6) is 0.781. The Balaban J connectivity index is 1.64. The van der Waals surface area contributed by atoms with E-state index in [4.69, 9.17) is 5.73 Å². The van der Waals surface area contributed by atoms with Gasteiger partial charge in [0, 0.05) is 29.5 Å². The van der Waals surface area contributed by atoms with Crippen LogP contribution in [-0.2, 0) is 4.79 Å². The minimum atomic E-state index is -0.500. The van der Waals surface area contributed by atoms with Gasteiger partial charge in [-0.2, -0.15) is 0 Å². The van der Waals surface area contributed by atoms with E-state index >= 15 is 0 Å². The lowest BCUT2D eigenvalue weighted by Gasteiger charge is -2.33. The van der Waals surface area contributed by atoms with Crippen LogP contribution in [0, 0.1) is 5.92 Å². The van der Waals surface area contributed by atoms with E-state index in [1.54, 1.807) is 0 Å². The zero-order valence-corrected chi connectivity index (χ0v) is 11.6. The Hall–Kier alpha value is -1.55. The molecule has 1 saturated heterocycles. The van der Waals surface area contributed by atoms with Gasteiger partial charge in [0.2, 0.25) is 5.91 Å². The lowest BCUT2D eigenvalue weighted by Crippen LogP contribution is -2.34. The van der Waals surface area contributed by atoms with Crippen LogP contribution in [0.2, 0.25) is 0 Å². The molecule has 3 aliphatic rings. The second-order valence-corrected chi connectivity index (χ2v) is 6.33. The molecule has 4 rings (SSSR count). The minimum absolute atomic E-state index is 0.0888. The first kappa shape index (κ1) is 12.2. The van der Waals surface area contributed by atoms with E-state index < -0.39 is 6.04 Å². The number of amides is 1. The van der Waals surface area contributed by atoms with E-state index in [1.165, 1.54) is 37.8 Å². The lowest BCUT2D eigenvalue weighted by molar-refractivity contribution is -0.116. The Labute approximate surface area is 119 Å². The molecule has 4 heteroatoms. The van der Waals surface area contributed by atoms with Gasteiger partial charge in [0.25, 0.3) is 0 Å². The number of nitrogens with one attached hydrogen (secondary N) is 1. The fraction of sp³-hybridized carbons (Fsp3) is 0.562. The largest absolute Gasteiger partial charge is 0.368 e. The molecule has 3 atom stereocenters. The molecule has 0 spiro atoms. The molecule has 2 heterocycles. The van der Waals surface area contributed by atoms with E-state index in [-0.39, 0.29) is 5.91 Å². The van der Waals surface area contributed by atoms with E-state index in [0.29, 0.717) is 6.04 Å². The zero-order chi connectivity index (χ0) is 13.7. The van der Waals surface area contributed by atoms with Gasteiger partial charge >= 0.3 is 0 Å². The van der Waals surface area contributed by atoms with Crippen LogP contribution in [-0.4, -0.2) is 18.5 Å². The standard InChI is InChI=1S/C16H21N3O/c17-15-12-6-5-11(9-13(12)18-16(15)20)19-8-7-10-3-1-2-4-14(10)19/h5-6,9-10,14-15H,1-4,7-8,17H2,(H,18,20). The Morgan fingerprint density at radius 1 is 1.20 bits per heavy atom. The van der Waals surface area contributed by atoms with Crippen LogP contribution in [0.3, 0.4) is 0 Å². The van der Waals surface area contributed by atoms with Crippen molar-refractivity contribution in [3.63, 3.8) is 0 Å². The highest BCUT2D eigenvalue weighted by Crippen LogP contribution is 2.41. The number of hydrogen-bond donors (Lipinski definition) is 2. The van der Waals surface area contributed by atoms with Crippen LogP contribution in [0.4, 0.5) is 11.4 Å². The second kappa shape index (κ2) is 4.48. The van der Waals surface area contributed by atoms with Gasteiger partial charge in [-0.15, -0.1) is 0 Å². The van der Waals surface area contributed by atoms with Gasteiger partial charge in [-0.1, -0.05) is 18.9 Å². The van der Waals surface area contributed by atoms with Crippen molar-refractivity contribution in [3.05, 3.63) is 23.8 Å². The minimum Gasteiger partial charge on any atom is -0.368 e. The van der Waals surface area contributed by atoms with E-state index in [1.807, 2.05) is 6.07 Å². The maximum Gasteiger partial charge on any atom is 0.245 e. The van der Waals surface area contributed by atoms with Crippen molar-refractivity contribution in [1.29, 1.82) is 0 Å². The molecule has 1 aromatic carbocycles. The topological polar surface area (TPSA) is 58.4 Å². The highest BCUT2D eigenvalue weighted by atomic mass is 16.2. The molecule has 106 valence electrons. The molecule has 1 aromatic rings. The number of rotatable bonds is 1. The molecular weight excluding hydrogens is 250 g/mol. The number of nitrogens with two attached hydrogens (primary N) is 1. The van der Waals surface area contributed by atoms with Crippen LogP contribution in [0.15, 0.2) is 18.2 Å². The van der Waals surface area contributed by atoms with Crippen LogP contribution in [0.5, 0.6) is 0 Å². The highest BCUT2D eigenvalue weighted by molar-refractivity contribution is 6.03. The summed E-state index contributed by atoms with van der Waals surface area (Å²) in [6.07, 6.45) is 6.75. The zero-order valence-electron chi connectivity index (χ0n) is 11.6. The van der Waals surface area contributed by atoms with Gasteiger partial charge in [0.1, 0.15) is 6.04 Å². The summed E-state index contributed by atoms with van der Waals surface area (Å²) < 4.78 is 0. The average molecular weight is 271 g/mol. The van der Waals surface area contributed by atoms with E-state index in [0.717, 1.165) is 23.7 Å². The molecule has 3 unspecified atom stereocenters. The first-order valence-corrected chi connectivity index (χ1v) is 7.71. The van der Waals surface area contributed by atoms with Gasteiger partial charge in [-0.3, -0.25) is 4.79 Å². The van der Waals surface area contributed by atoms with Crippen molar-refractivity contribution >= 4 is 17.3 Å². The van der Waals surface area contributed by atoms with Gasteiger partial charge in [-0.05, 0) is 37.3 Å². The van der Waals surface area contributed by atoms with Gasteiger partial charge in [0.05, 0.1) is 0 Å². The summed E-state index contributed by atoms with van der Waals surface area (Å²) in [6.45, 7) is 1.15. The van der Waals surface area contributed by atoms with Crippen molar-refractivity contribution in [2.45, 2.75) is 44.2 Å². The predicted molar refractivity (Wildman–Crippen MR) is 79.7 cm³/mol. The summed E-state index contributed by atoms with van der Waals surface area (Å²) in [5, 5.41) is 2.89. The summed E-state index contributed by atoms with van der Waals surface area (Å²) >= 11 is 0. The molecule has 1 amide bonds. The molecule has 0 aromatic heterocycles. The molecule has 1 aliphatic carbocycles. The van der Waals surface area contributed by atoms with Crippen molar-refractivity contribution in [2.24, 2.45) is 11.7 Å². The quantitative estimate of drug-likeness (QED) is 0.824. The first-order valence-electron chi connectivity index (χ1n) is 7.71. The molecule has 0 bridgehead atoms. The predicted octanol–water partition coefficient (Wildman–Crippen LogP) is 2.41. The molecular formula is C16H21N3O. The normalized spacial score (nSPS) is 31.9. The summed E-state index contributed by atoms with van der Waals surface area (Å²) in [7, 11) is 0. The van der Waals surface area contributed by atoms with E-state index in [2.05, 4.69) is 22.3 Å². The molecule has 20 heavy (non-hydrogen) atoms. The van der Waals surface area contributed by atoms with Crippen LogP contribution >= 0.6 is 0 Å². The van der Waals surface area contributed by atoms with Gasteiger partial charge < -0.3 is 16.0 Å². The summed E-state index contributed by atoms with van der Waals surface area (Å²) in [4.78, 5) is 14.2. The molecule has 0 radical (unpaired) electrons. The number of carbonyl (C=O) groups excluding carboxylic acids is 1. The Morgan fingerprint density at radius 3 is 2.95 bits per heavy atom. The summed E-state index contributed by atoms with van der Waals surface area (Å²) in [5.41, 5.74) is 8.95. The Morgan fingerprint density at radius 2 is 2.05 bits per heavy atom. The molecule has 1 saturated carbocycles. The third kappa shape index (κ3) is 1.74. The molecule has 2 fully saturated rings. The Kier molecular flexibility index (Phi) is 2.74. The number of carbonyl (C=O) groups is 1. The van der Waals surface area contributed by atoms with Gasteiger partial charge in [-0.25, -0.2) is 0 Å². The Bertz CT molecular complexity index is 557. The third-order valence-corrected chi connectivity index (χ3v) is 5.25. The summed E-state index contributed by atoms with van der Waals surface area (Å²) in [6, 6.07) is 6.46. The second-order valence-electron chi connectivity index (χ2n) is 6.33. The van der Waals surface area contributed by atoms with Crippen LogP contribution in [0.25, 0.3) is 0 Å². The number of anilines is 2. The van der Waals surface area contributed by atoms with E-state index in [9.17, 15) is 4.79 Å². The maximum absolute atomic E-state index is 11.6. The van der Waals surface area contributed by atoms with Crippen molar-refractivity contribution < 1.29 is 4.79 Å². The smallest absolute Gasteiger partial charge is 0.245 e. The van der Waals surface area contributed by atoms with Crippen LogP contribution in [0.1, 0.15) is 43.7 Å². The number of nitrogens with zero attached hydrogens (tertiary/aromatic N) is 1. The SMILES string of the molecule is NC1C(=O)Nc2cc(N3CCC4CCCCC43)ccc21. The third-order valence-electron chi connectivity index (χ3n) is 5.25. The van der Waals surface area contributed by atoms with Crippen LogP contribution < -0.4 is 16.0 Å². The molecule has 4 nitrogen and oxygen atoms in total. The van der Waals surface area contributed by atoms with Crippen molar-refractivity contribution in [1.82, 2.24) is 0 Å². The van der Waals surface area contributed by atoms with Crippen molar-refractivity contribution in [3.8, 4) is 0 Å². The maximum atomic E-state index is 11.6. The monoisotopic (exact) mass is 271 g/mol. The first-order chi connectivity index (χ1) is 9.74. The fourth-order valence-electron chi connectivity index (χ4n) is 4.18.